The van der Waals surface area contributed by atoms with Crippen LogP contribution in [0.25, 0.3) is 11.1 Å². The van der Waals surface area contributed by atoms with Crippen molar-refractivity contribution < 1.29 is 0 Å². The summed E-state index contributed by atoms with van der Waals surface area (Å²) in [5.74, 6) is 0.496. The Morgan fingerprint density at radius 1 is 0.371 bits per heavy atom. The van der Waals surface area contributed by atoms with Crippen molar-refractivity contribution in [2.45, 2.75) is 22.9 Å². The molecule has 70 heavy (non-hydrogen) atoms. The van der Waals surface area contributed by atoms with Gasteiger partial charge in [-0.1, -0.05) is 231 Å². The van der Waals surface area contributed by atoms with Gasteiger partial charge in [0, 0.05) is 51.5 Å². The maximum absolute atomic E-state index is 2.68. The van der Waals surface area contributed by atoms with Crippen LogP contribution >= 0.6 is 0 Å². The highest BCUT2D eigenvalue weighted by Crippen LogP contribution is 2.67. The lowest BCUT2D eigenvalue weighted by Crippen LogP contribution is -2.41. The van der Waals surface area contributed by atoms with Crippen LogP contribution in [0.2, 0.25) is 0 Å². The number of anilines is 1. The van der Waals surface area contributed by atoms with Crippen LogP contribution in [0.4, 0.5) is 5.69 Å². The van der Waals surface area contributed by atoms with E-state index < -0.39 is 0 Å². The predicted octanol–water partition coefficient (Wildman–Crippen LogP) is 14.6. The highest BCUT2D eigenvalue weighted by atomic mass is 15.2. The van der Waals surface area contributed by atoms with Gasteiger partial charge in [0.05, 0.1) is 23.5 Å². The molecule has 5 aromatic rings. The summed E-state index contributed by atoms with van der Waals surface area (Å²) >= 11 is 0. The van der Waals surface area contributed by atoms with Gasteiger partial charge in [0.1, 0.15) is 0 Å². The van der Waals surface area contributed by atoms with Gasteiger partial charge >= 0.3 is 0 Å². The van der Waals surface area contributed by atoms with Crippen LogP contribution in [0.3, 0.4) is 0 Å². The quantitative estimate of drug-likeness (QED) is 0.168. The largest absolute Gasteiger partial charge is 0.350 e. The minimum atomic E-state index is -0.374. The van der Waals surface area contributed by atoms with Crippen molar-refractivity contribution in [1.29, 1.82) is 0 Å². The summed E-state index contributed by atoms with van der Waals surface area (Å²) in [5, 5.41) is 0. The van der Waals surface area contributed by atoms with E-state index in [9.17, 15) is 0 Å². The van der Waals surface area contributed by atoms with Gasteiger partial charge in [0.15, 0.2) is 0 Å². The smallest absolute Gasteiger partial charge is 0.0763 e. The third kappa shape index (κ3) is 5.18. The van der Waals surface area contributed by atoms with Crippen molar-refractivity contribution >= 4 is 5.69 Å². The first-order valence-corrected chi connectivity index (χ1v) is 25.2. The first kappa shape index (κ1) is 39.8. The molecule has 10 aliphatic rings. The zero-order chi connectivity index (χ0) is 46.0. The van der Waals surface area contributed by atoms with Gasteiger partial charge in [-0.05, 0) is 97.7 Å². The number of hydrogen-bond donors (Lipinski definition) is 0. The molecule has 1 spiro atoms. The Bertz CT molecular complexity index is 3480. The number of allylic oxidation sites excluding steroid dienone is 22. The predicted molar refractivity (Wildman–Crippen MR) is 286 cm³/mol. The van der Waals surface area contributed by atoms with Crippen LogP contribution in [0.15, 0.2) is 318 Å². The average Bonchev–Trinajstić information content (AvgIpc) is 4.13. The third-order valence-corrected chi connectivity index (χ3v) is 17.3. The lowest BCUT2D eigenvalue weighted by Gasteiger charge is -2.44. The molecule has 0 amide bonds. The molecule has 0 aromatic heterocycles. The molecule has 15 rings (SSSR count). The second-order valence-electron chi connectivity index (χ2n) is 20.1. The first-order chi connectivity index (χ1) is 34.8. The average molecular weight is 895 g/mol. The first-order valence-electron chi connectivity index (χ1n) is 25.2. The normalized spacial score (nSPS) is 26.6. The number of benzene rings is 5. The van der Waals surface area contributed by atoms with Crippen LogP contribution in [0.1, 0.15) is 22.3 Å². The van der Waals surface area contributed by atoms with Gasteiger partial charge in [0.2, 0.25) is 0 Å². The van der Waals surface area contributed by atoms with Crippen LogP contribution in [-0.2, 0) is 10.8 Å². The van der Waals surface area contributed by atoms with E-state index in [1.807, 2.05) is 0 Å². The summed E-state index contributed by atoms with van der Waals surface area (Å²) in [7, 11) is 0. The molecule has 0 radical (unpaired) electrons. The standard InChI is InChI=1S/C68H50N2/c1-4-22-45(23-5-1)67(46-24-6-2-7-25-46)58-36-18-13-31-52(58)65-60(67)37-20-39-62(65)70(64-41-21-40-63-66(64)53-32-14-19-38-61(53)69(63)47-26-8-3-9-27-47)48-42-43-59-54(44-48)51-30-12-17-35-57(51)68(59)55-33-15-10-28-49(55)50-29-11-16-34-56(50)68/h1-44,57-61,63H. The van der Waals surface area contributed by atoms with Gasteiger partial charge in [-0.2, -0.15) is 0 Å². The lowest BCUT2D eigenvalue weighted by molar-refractivity contribution is 0.386. The van der Waals surface area contributed by atoms with Gasteiger partial charge in [-0.25, -0.2) is 0 Å². The third-order valence-electron chi connectivity index (χ3n) is 17.3. The zero-order valence-corrected chi connectivity index (χ0v) is 38.8. The zero-order valence-electron chi connectivity index (χ0n) is 38.8. The van der Waals surface area contributed by atoms with E-state index in [0.29, 0.717) is 0 Å². The molecule has 6 atom stereocenters. The van der Waals surface area contributed by atoms with E-state index in [1.54, 1.807) is 0 Å². The molecule has 9 aliphatic carbocycles. The molecule has 2 nitrogen and oxygen atoms in total. The molecule has 5 aromatic carbocycles. The molecule has 0 N–H and O–H groups in total. The minimum absolute atomic E-state index is 0.0343. The van der Waals surface area contributed by atoms with Crippen molar-refractivity contribution in [2.75, 3.05) is 4.90 Å². The summed E-state index contributed by atoms with van der Waals surface area (Å²) in [6.45, 7) is 0. The molecule has 0 saturated heterocycles. The Balaban J connectivity index is 0.965. The van der Waals surface area contributed by atoms with Crippen molar-refractivity contribution in [1.82, 2.24) is 4.90 Å². The molecule has 2 heteroatoms. The second-order valence-corrected chi connectivity index (χ2v) is 20.1. The van der Waals surface area contributed by atoms with Crippen LogP contribution in [-0.4, -0.2) is 17.0 Å². The van der Waals surface area contributed by atoms with Crippen LogP contribution < -0.4 is 4.90 Å². The maximum atomic E-state index is 2.68. The Hall–Kier alpha value is -8.20. The summed E-state index contributed by atoms with van der Waals surface area (Å²) in [4.78, 5) is 5.30. The molecule has 0 saturated carbocycles. The molecule has 1 heterocycles. The summed E-state index contributed by atoms with van der Waals surface area (Å²) in [6, 6.07) is 52.3. The van der Waals surface area contributed by atoms with E-state index in [1.165, 1.54) is 89.6 Å². The fraction of sp³-hybridized carbons (Fsp3) is 0.118. The van der Waals surface area contributed by atoms with E-state index in [0.717, 1.165) is 0 Å². The van der Waals surface area contributed by atoms with Crippen molar-refractivity contribution in [3.63, 3.8) is 0 Å². The number of rotatable bonds is 6. The second kappa shape index (κ2) is 15.1. The van der Waals surface area contributed by atoms with Crippen LogP contribution in [0, 0.1) is 23.7 Å². The topological polar surface area (TPSA) is 6.48 Å². The van der Waals surface area contributed by atoms with Gasteiger partial charge < -0.3 is 9.80 Å². The molecule has 6 unspecified atom stereocenters. The highest BCUT2D eigenvalue weighted by Gasteiger charge is 2.60. The molecular weight excluding hydrogens is 845 g/mol. The summed E-state index contributed by atoms with van der Waals surface area (Å²) < 4.78 is 0. The van der Waals surface area contributed by atoms with E-state index >= 15 is 0 Å². The lowest BCUT2D eigenvalue weighted by atomic mass is 9.60. The monoisotopic (exact) mass is 894 g/mol. The molecular formula is C68H50N2. The maximum Gasteiger partial charge on any atom is 0.0763 e. The molecule has 0 bridgehead atoms. The molecule has 1 aliphatic heterocycles. The van der Waals surface area contributed by atoms with Crippen LogP contribution in [0.5, 0.6) is 0 Å². The Kier molecular flexibility index (Phi) is 8.61. The van der Waals surface area contributed by atoms with Gasteiger partial charge in [-0.3, -0.25) is 0 Å². The SMILES string of the molecule is C1=CC2=C3C(N(C4=CC5=C6C=CC=CC6C6(c7ccccc7-c7ccccc76)C5C=C4)C4=CC=CC5C4=C4C=CC=CC4C5(c4ccccc4)c4ccccc4)=CC=CC3N(c3ccccc3)C2C=C1. The molecule has 332 valence electrons. The van der Waals surface area contributed by atoms with E-state index in [2.05, 4.69) is 277 Å². The number of hydrogen-bond acceptors (Lipinski definition) is 2. The van der Waals surface area contributed by atoms with Gasteiger partial charge in [-0.15, -0.1) is 0 Å². The fourth-order valence-corrected chi connectivity index (χ4v) is 14.8. The Labute approximate surface area is 411 Å². The van der Waals surface area contributed by atoms with E-state index in [4.69, 9.17) is 0 Å². The Morgan fingerprint density at radius 2 is 0.886 bits per heavy atom. The number of nitrogens with zero attached hydrogens (tertiary/aromatic N) is 2. The molecule has 0 fully saturated rings. The minimum Gasteiger partial charge on any atom is -0.350 e. The van der Waals surface area contributed by atoms with Crippen molar-refractivity contribution in [2.24, 2.45) is 23.7 Å². The van der Waals surface area contributed by atoms with E-state index in [-0.39, 0.29) is 46.6 Å². The number of fused-ring (bicyclic) bond motifs is 13. The van der Waals surface area contributed by atoms with Crippen molar-refractivity contribution in [3.8, 4) is 11.1 Å². The summed E-state index contributed by atoms with van der Waals surface area (Å²) in [5.41, 5.74) is 20.8. The summed E-state index contributed by atoms with van der Waals surface area (Å²) in [6.07, 6.45) is 50.2. The Morgan fingerprint density at radius 3 is 1.57 bits per heavy atom. The fourth-order valence-electron chi connectivity index (χ4n) is 14.8. The highest BCUT2D eigenvalue weighted by molar-refractivity contribution is 5.85. The van der Waals surface area contributed by atoms with Gasteiger partial charge in [0.25, 0.3) is 0 Å². The van der Waals surface area contributed by atoms with Crippen molar-refractivity contribution in [3.05, 3.63) is 340 Å². The number of para-hydroxylation sites is 1.